The highest BCUT2D eigenvalue weighted by atomic mass is 32.2. The van der Waals surface area contributed by atoms with Crippen molar-refractivity contribution in [3.8, 4) is 0 Å². The summed E-state index contributed by atoms with van der Waals surface area (Å²) in [4.78, 5) is 0.165. The number of aliphatic hydroxyl groups is 1. The van der Waals surface area contributed by atoms with E-state index in [1.807, 2.05) is 11.8 Å². The van der Waals surface area contributed by atoms with Gasteiger partial charge in [0.05, 0.1) is 19.3 Å². The van der Waals surface area contributed by atoms with Gasteiger partial charge >= 0.3 is 0 Å². The van der Waals surface area contributed by atoms with Crippen molar-refractivity contribution in [1.82, 2.24) is 14.5 Å². The number of nitrogens with one attached hydrogen (secondary N) is 1. The number of rotatable bonds is 6. The van der Waals surface area contributed by atoms with Crippen LogP contribution in [0.2, 0.25) is 0 Å². The molecule has 0 bridgehead atoms. The fraction of sp³-hybridized carbons (Fsp3) is 0.750. The number of sulfonamides is 1. The van der Waals surface area contributed by atoms with Crippen LogP contribution < -0.4 is 4.72 Å². The van der Waals surface area contributed by atoms with Gasteiger partial charge in [0.25, 0.3) is 0 Å². The van der Waals surface area contributed by atoms with E-state index in [4.69, 9.17) is 5.11 Å². The summed E-state index contributed by atoms with van der Waals surface area (Å²) in [7, 11) is -3.50. The molecular weight excluding hydrogens is 298 g/mol. The molecule has 2 rings (SSSR count). The van der Waals surface area contributed by atoms with E-state index in [9.17, 15) is 8.42 Å². The van der Waals surface area contributed by atoms with Gasteiger partial charge in [0.2, 0.25) is 10.0 Å². The minimum absolute atomic E-state index is 0.0181. The molecule has 20 heavy (non-hydrogen) atoms. The van der Waals surface area contributed by atoms with Crippen molar-refractivity contribution in [3.05, 3.63) is 12.4 Å². The van der Waals surface area contributed by atoms with Gasteiger partial charge in [-0.3, -0.25) is 4.68 Å². The van der Waals surface area contributed by atoms with Crippen LogP contribution in [0.5, 0.6) is 0 Å². The van der Waals surface area contributed by atoms with Gasteiger partial charge in [-0.05, 0) is 31.9 Å². The molecule has 0 aromatic carbocycles. The smallest absolute Gasteiger partial charge is 0.243 e. The molecular formula is C12H21N3O3S2. The van der Waals surface area contributed by atoms with Gasteiger partial charge in [0.15, 0.2) is 0 Å². The largest absolute Gasteiger partial charge is 0.394 e. The maximum Gasteiger partial charge on any atom is 0.243 e. The minimum Gasteiger partial charge on any atom is -0.394 e. The fourth-order valence-corrected chi connectivity index (χ4v) is 4.41. The van der Waals surface area contributed by atoms with Crippen LogP contribution in [0.1, 0.15) is 25.7 Å². The first-order valence-corrected chi connectivity index (χ1v) is 9.50. The summed E-state index contributed by atoms with van der Waals surface area (Å²) in [6.07, 6.45) is 8.75. The van der Waals surface area contributed by atoms with Gasteiger partial charge in [-0.2, -0.15) is 16.9 Å². The van der Waals surface area contributed by atoms with E-state index >= 15 is 0 Å². The summed E-state index contributed by atoms with van der Waals surface area (Å²) in [5, 5.41) is 13.4. The second-order valence-corrected chi connectivity index (χ2v) is 7.85. The fourth-order valence-electron chi connectivity index (χ4n) is 2.41. The van der Waals surface area contributed by atoms with Crippen LogP contribution in [0.4, 0.5) is 0 Å². The molecule has 0 spiro atoms. The lowest BCUT2D eigenvalue weighted by atomic mass is 9.96. The Balaban J connectivity index is 1.96. The normalized spacial score (nSPS) is 23.9. The molecule has 1 aliphatic rings. The van der Waals surface area contributed by atoms with Crippen molar-refractivity contribution in [2.75, 3.05) is 12.9 Å². The van der Waals surface area contributed by atoms with E-state index < -0.39 is 10.0 Å². The molecule has 8 heteroatoms. The number of hydrogen-bond donors (Lipinski definition) is 2. The van der Waals surface area contributed by atoms with Crippen LogP contribution in [-0.2, 0) is 16.6 Å². The Hall–Kier alpha value is -0.570. The summed E-state index contributed by atoms with van der Waals surface area (Å²) < 4.78 is 28.7. The quantitative estimate of drug-likeness (QED) is 0.811. The molecule has 0 aliphatic heterocycles. The number of nitrogens with zero attached hydrogens (tertiary/aromatic N) is 2. The summed E-state index contributed by atoms with van der Waals surface area (Å²) in [6, 6.07) is 0.0181. The van der Waals surface area contributed by atoms with E-state index in [-0.39, 0.29) is 17.5 Å². The van der Waals surface area contributed by atoms with Gasteiger partial charge in [-0.1, -0.05) is 0 Å². The van der Waals surface area contributed by atoms with Crippen LogP contribution in [0.25, 0.3) is 0 Å². The molecule has 1 fully saturated rings. The molecule has 6 nitrogen and oxygen atoms in total. The zero-order valence-electron chi connectivity index (χ0n) is 11.5. The average Bonchev–Trinajstić information content (AvgIpc) is 2.89. The maximum absolute atomic E-state index is 12.2. The lowest BCUT2D eigenvalue weighted by molar-refractivity contribution is 0.269. The molecule has 0 radical (unpaired) electrons. The molecule has 1 aromatic rings. The molecule has 2 N–H and O–H groups in total. The zero-order valence-corrected chi connectivity index (χ0v) is 13.2. The summed E-state index contributed by atoms with van der Waals surface area (Å²) in [5.74, 6) is 0. The van der Waals surface area contributed by atoms with Gasteiger partial charge in [0, 0.05) is 17.5 Å². The van der Waals surface area contributed by atoms with Gasteiger partial charge in [-0.15, -0.1) is 0 Å². The van der Waals surface area contributed by atoms with Crippen LogP contribution in [-0.4, -0.2) is 47.5 Å². The Labute approximate surface area is 124 Å². The Bertz CT molecular complexity index is 522. The predicted molar refractivity (Wildman–Crippen MR) is 79.2 cm³/mol. The molecule has 0 amide bonds. The maximum atomic E-state index is 12.2. The van der Waals surface area contributed by atoms with Gasteiger partial charge < -0.3 is 5.11 Å². The third kappa shape index (κ3) is 3.97. The average molecular weight is 319 g/mol. The Morgan fingerprint density at radius 1 is 1.45 bits per heavy atom. The van der Waals surface area contributed by atoms with Crippen LogP contribution in [0.3, 0.4) is 0 Å². The minimum atomic E-state index is -3.50. The molecule has 1 saturated carbocycles. The number of hydrogen-bond acceptors (Lipinski definition) is 5. The Kier molecular flexibility index (Phi) is 5.48. The van der Waals surface area contributed by atoms with Crippen molar-refractivity contribution in [2.24, 2.45) is 0 Å². The highest BCUT2D eigenvalue weighted by molar-refractivity contribution is 7.99. The monoisotopic (exact) mass is 319 g/mol. The second-order valence-electron chi connectivity index (χ2n) is 4.99. The van der Waals surface area contributed by atoms with Crippen LogP contribution in [0, 0.1) is 0 Å². The molecule has 0 saturated heterocycles. The van der Waals surface area contributed by atoms with Crippen molar-refractivity contribution in [1.29, 1.82) is 0 Å². The van der Waals surface area contributed by atoms with Crippen LogP contribution >= 0.6 is 11.8 Å². The summed E-state index contributed by atoms with van der Waals surface area (Å²) in [6.45, 7) is 0.238. The van der Waals surface area contributed by atoms with Gasteiger partial charge in [0.1, 0.15) is 4.90 Å². The number of thioether (sulfide) groups is 1. The molecule has 1 aromatic heterocycles. The van der Waals surface area contributed by atoms with E-state index in [1.165, 1.54) is 17.1 Å². The number of aromatic nitrogens is 2. The van der Waals surface area contributed by atoms with Crippen molar-refractivity contribution < 1.29 is 13.5 Å². The Morgan fingerprint density at radius 3 is 2.75 bits per heavy atom. The standard InChI is InChI=1S/C12H21N3O3S2/c1-19-11-4-2-10(3-5-11)14-20(17,18)12-8-13-15(9-12)6-7-16/h8-11,14,16H,2-7H2,1H3. The molecule has 1 aliphatic carbocycles. The topological polar surface area (TPSA) is 84.2 Å². The predicted octanol–water partition coefficient (Wildman–Crippen LogP) is 0.828. The first-order valence-electron chi connectivity index (χ1n) is 6.73. The number of aliphatic hydroxyl groups excluding tert-OH is 1. The van der Waals surface area contributed by atoms with Gasteiger partial charge in [-0.25, -0.2) is 13.1 Å². The highest BCUT2D eigenvalue weighted by Crippen LogP contribution is 2.27. The van der Waals surface area contributed by atoms with E-state index in [0.29, 0.717) is 11.8 Å². The van der Waals surface area contributed by atoms with Crippen molar-refractivity contribution >= 4 is 21.8 Å². The molecule has 114 valence electrons. The SMILES string of the molecule is CSC1CCC(NS(=O)(=O)c2cnn(CCO)c2)CC1. The first-order chi connectivity index (χ1) is 9.55. The second kappa shape index (κ2) is 6.93. The highest BCUT2D eigenvalue weighted by Gasteiger charge is 2.26. The molecule has 1 heterocycles. The lowest BCUT2D eigenvalue weighted by Gasteiger charge is -2.27. The third-order valence-electron chi connectivity index (χ3n) is 3.58. The lowest BCUT2D eigenvalue weighted by Crippen LogP contribution is -2.37. The summed E-state index contributed by atoms with van der Waals surface area (Å²) >= 11 is 1.86. The van der Waals surface area contributed by atoms with Crippen LogP contribution in [0.15, 0.2) is 17.3 Å². The third-order valence-corrected chi connectivity index (χ3v) is 6.19. The summed E-state index contributed by atoms with van der Waals surface area (Å²) in [5.41, 5.74) is 0. The van der Waals surface area contributed by atoms with Crippen molar-refractivity contribution in [3.63, 3.8) is 0 Å². The Morgan fingerprint density at radius 2 is 2.15 bits per heavy atom. The van der Waals surface area contributed by atoms with Crippen molar-refractivity contribution in [2.45, 2.75) is 48.4 Å². The van der Waals surface area contributed by atoms with E-state index in [0.717, 1.165) is 25.7 Å². The zero-order chi connectivity index (χ0) is 14.6. The molecule has 0 atom stereocenters. The molecule has 0 unspecified atom stereocenters. The van der Waals surface area contributed by atoms with E-state index in [1.54, 1.807) is 0 Å². The van der Waals surface area contributed by atoms with E-state index in [2.05, 4.69) is 16.1 Å². The first kappa shape index (κ1) is 15.8.